The average molecular weight is 252 g/mol. The van der Waals surface area contributed by atoms with E-state index in [9.17, 15) is 18.4 Å². The highest BCUT2D eigenvalue weighted by Crippen LogP contribution is 2.12. The predicted octanol–water partition coefficient (Wildman–Crippen LogP) is 0.667. The predicted molar refractivity (Wildman–Crippen MR) is 53.4 cm³/mol. The molecule has 0 radical (unpaired) electrons. The third-order valence-corrected chi connectivity index (χ3v) is 1.46. The minimum absolute atomic E-state index is 0.220. The third-order valence-electron chi connectivity index (χ3n) is 1.46. The molecular formula is C10H14F2O5. The van der Waals surface area contributed by atoms with Crippen molar-refractivity contribution in [2.75, 3.05) is 19.8 Å². The monoisotopic (exact) mass is 252 g/mol. The minimum atomic E-state index is -3.12. The van der Waals surface area contributed by atoms with Crippen molar-refractivity contribution in [2.24, 2.45) is 0 Å². The van der Waals surface area contributed by atoms with E-state index in [1.165, 1.54) is 0 Å². The van der Waals surface area contributed by atoms with Crippen molar-refractivity contribution in [3.63, 3.8) is 0 Å². The Labute approximate surface area is 97.0 Å². The molecule has 5 nitrogen and oxygen atoms in total. The van der Waals surface area contributed by atoms with E-state index >= 15 is 0 Å². The molecule has 0 bridgehead atoms. The van der Waals surface area contributed by atoms with Crippen molar-refractivity contribution in [2.45, 2.75) is 19.3 Å². The Balaban J connectivity index is 3.96. The van der Waals surface area contributed by atoms with Gasteiger partial charge in [0.15, 0.2) is 6.61 Å². The van der Waals surface area contributed by atoms with E-state index in [0.717, 1.165) is 0 Å². The number of aliphatic hydroxyl groups is 1. The van der Waals surface area contributed by atoms with E-state index in [4.69, 9.17) is 5.11 Å². The topological polar surface area (TPSA) is 72.8 Å². The van der Waals surface area contributed by atoms with Crippen LogP contribution >= 0.6 is 0 Å². The second kappa shape index (κ2) is 6.95. The van der Waals surface area contributed by atoms with Gasteiger partial charge < -0.3 is 14.6 Å². The van der Waals surface area contributed by atoms with Gasteiger partial charge in [-0.3, -0.25) is 4.79 Å². The zero-order chi connectivity index (χ0) is 13.5. The van der Waals surface area contributed by atoms with E-state index < -0.39 is 30.9 Å². The smallest absolute Gasteiger partial charge is 0.334 e. The quantitative estimate of drug-likeness (QED) is 0.532. The molecule has 0 aromatic heterocycles. The van der Waals surface area contributed by atoms with Gasteiger partial charge in [-0.05, 0) is 0 Å². The zero-order valence-electron chi connectivity index (χ0n) is 9.37. The fourth-order valence-electron chi connectivity index (χ4n) is 0.745. The molecule has 1 N–H and O–H groups in total. The van der Waals surface area contributed by atoms with Crippen LogP contribution < -0.4 is 0 Å². The summed E-state index contributed by atoms with van der Waals surface area (Å²) < 4.78 is 33.3. The summed E-state index contributed by atoms with van der Waals surface area (Å²) in [5.41, 5.74) is -0.220. The van der Waals surface area contributed by atoms with Crippen molar-refractivity contribution in [3.8, 4) is 0 Å². The lowest BCUT2D eigenvalue weighted by molar-refractivity contribution is -0.154. The molecule has 0 heterocycles. The molecule has 0 spiro atoms. The van der Waals surface area contributed by atoms with Gasteiger partial charge in [0.05, 0.1) is 13.0 Å². The molecule has 0 saturated carbocycles. The van der Waals surface area contributed by atoms with Gasteiger partial charge in [0.25, 0.3) is 5.92 Å². The molecule has 7 heteroatoms. The summed E-state index contributed by atoms with van der Waals surface area (Å²) in [7, 11) is 0. The molecule has 17 heavy (non-hydrogen) atoms. The molecule has 0 rings (SSSR count). The molecule has 0 unspecified atom stereocenters. The highest BCUT2D eigenvalue weighted by molar-refractivity contribution is 5.93. The van der Waals surface area contributed by atoms with E-state index in [1.54, 1.807) is 0 Å². The number of ether oxygens (including phenoxy) is 2. The van der Waals surface area contributed by atoms with E-state index in [2.05, 4.69) is 16.1 Å². The van der Waals surface area contributed by atoms with Crippen LogP contribution in [0.2, 0.25) is 0 Å². The van der Waals surface area contributed by atoms with Crippen molar-refractivity contribution in [3.05, 3.63) is 12.2 Å². The number of carbonyl (C=O) groups excluding carboxylic acids is 2. The summed E-state index contributed by atoms with van der Waals surface area (Å²) in [4.78, 5) is 22.1. The number of esters is 2. The number of halogens is 2. The van der Waals surface area contributed by atoms with Gasteiger partial charge in [-0.1, -0.05) is 6.58 Å². The van der Waals surface area contributed by atoms with Gasteiger partial charge in [-0.15, -0.1) is 0 Å². The molecule has 0 aliphatic heterocycles. The summed E-state index contributed by atoms with van der Waals surface area (Å²) in [5.74, 6) is -4.98. The maximum absolute atomic E-state index is 12.3. The van der Waals surface area contributed by atoms with Crippen LogP contribution in [0.25, 0.3) is 0 Å². The van der Waals surface area contributed by atoms with E-state index in [-0.39, 0.29) is 18.8 Å². The summed E-state index contributed by atoms with van der Waals surface area (Å²) in [6, 6.07) is 0. The second-order valence-corrected chi connectivity index (χ2v) is 3.37. The number of aliphatic hydroxyl groups excluding tert-OH is 1. The molecule has 0 amide bonds. The Hall–Kier alpha value is -1.50. The molecular weight excluding hydrogens is 238 g/mol. The Bertz CT molecular complexity index is 296. The van der Waals surface area contributed by atoms with Gasteiger partial charge in [-0.25, -0.2) is 13.6 Å². The van der Waals surface area contributed by atoms with Crippen LogP contribution in [0.4, 0.5) is 8.78 Å². The first kappa shape index (κ1) is 15.5. The van der Waals surface area contributed by atoms with Crippen LogP contribution in [0.1, 0.15) is 13.3 Å². The van der Waals surface area contributed by atoms with Crippen molar-refractivity contribution < 1.29 is 33.0 Å². The lowest BCUT2D eigenvalue weighted by atomic mass is 10.2. The molecule has 0 aliphatic rings. The van der Waals surface area contributed by atoms with Gasteiger partial charge in [0.1, 0.15) is 6.61 Å². The van der Waals surface area contributed by atoms with Crippen molar-refractivity contribution in [1.29, 1.82) is 0 Å². The van der Waals surface area contributed by atoms with Crippen molar-refractivity contribution >= 4 is 11.9 Å². The Morgan fingerprint density at radius 1 is 1.35 bits per heavy atom. The summed E-state index contributed by atoms with van der Waals surface area (Å²) >= 11 is 0. The van der Waals surface area contributed by atoms with Gasteiger partial charge in [-0.2, -0.15) is 0 Å². The van der Waals surface area contributed by atoms with Crippen LogP contribution in [0.3, 0.4) is 0 Å². The van der Waals surface area contributed by atoms with Crippen molar-refractivity contribution in [1.82, 2.24) is 0 Å². The van der Waals surface area contributed by atoms with E-state index in [1.807, 2.05) is 0 Å². The van der Waals surface area contributed by atoms with Gasteiger partial charge in [0.2, 0.25) is 0 Å². The number of carbonyl (C=O) groups is 2. The van der Waals surface area contributed by atoms with Crippen LogP contribution in [-0.2, 0) is 19.1 Å². The molecule has 0 aromatic rings. The number of hydrogen-bond donors (Lipinski definition) is 1. The minimum Gasteiger partial charge on any atom is -0.460 e. The standard InChI is InChI=1S/C10H14F2O5/c1-7(9(15)16-4-3-13)5-8(14)17-6-10(2,11)12/h13H,1,3-6H2,2H3. The third kappa shape index (κ3) is 8.32. The maximum Gasteiger partial charge on any atom is 0.334 e. The lowest BCUT2D eigenvalue weighted by Gasteiger charge is -2.11. The normalized spacial score (nSPS) is 10.8. The molecule has 98 valence electrons. The van der Waals surface area contributed by atoms with Gasteiger partial charge in [0, 0.05) is 12.5 Å². The number of hydrogen-bond acceptors (Lipinski definition) is 5. The van der Waals surface area contributed by atoms with Crippen LogP contribution in [-0.4, -0.2) is 42.8 Å². The summed E-state index contributed by atoms with van der Waals surface area (Å²) in [5, 5.41) is 8.37. The highest BCUT2D eigenvalue weighted by Gasteiger charge is 2.24. The SMILES string of the molecule is C=C(CC(=O)OCC(C)(F)F)C(=O)OCCO. The second-order valence-electron chi connectivity index (χ2n) is 3.37. The number of alkyl halides is 2. The fraction of sp³-hybridized carbons (Fsp3) is 0.600. The van der Waals surface area contributed by atoms with Crippen LogP contribution in [0.5, 0.6) is 0 Å². The van der Waals surface area contributed by atoms with Gasteiger partial charge >= 0.3 is 11.9 Å². The average Bonchev–Trinajstić information content (AvgIpc) is 2.22. The number of rotatable bonds is 7. The largest absolute Gasteiger partial charge is 0.460 e. The molecule has 0 saturated heterocycles. The lowest BCUT2D eigenvalue weighted by Crippen LogP contribution is -2.22. The molecule has 0 atom stereocenters. The fourth-order valence-corrected chi connectivity index (χ4v) is 0.745. The molecule has 0 aliphatic carbocycles. The Kier molecular flexibility index (Phi) is 6.34. The molecule has 0 aromatic carbocycles. The Morgan fingerprint density at radius 3 is 2.41 bits per heavy atom. The first-order chi connectivity index (χ1) is 7.76. The highest BCUT2D eigenvalue weighted by atomic mass is 19.3. The summed E-state index contributed by atoms with van der Waals surface area (Å²) in [6.45, 7) is 2.22. The summed E-state index contributed by atoms with van der Waals surface area (Å²) in [6.07, 6.45) is -0.527. The Morgan fingerprint density at radius 2 is 1.94 bits per heavy atom. The maximum atomic E-state index is 12.3. The first-order valence-corrected chi connectivity index (χ1v) is 4.75. The first-order valence-electron chi connectivity index (χ1n) is 4.75. The zero-order valence-corrected chi connectivity index (χ0v) is 9.37. The van der Waals surface area contributed by atoms with Crippen LogP contribution in [0.15, 0.2) is 12.2 Å². The molecule has 0 fully saturated rings. The van der Waals surface area contributed by atoms with E-state index in [0.29, 0.717) is 6.92 Å². The van der Waals surface area contributed by atoms with Crippen LogP contribution in [0, 0.1) is 0 Å².